The summed E-state index contributed by atoms with van der Waals surface area (Å²) >= 11 is 0. The molecule has 3 aromatic rings. The highest BCUT2D eigenvalue weighted by atomic mass is 16.5. The fraction of sp³-hybridized carbons (Fsp3) is 0.250. The van der Waals surface area contributed by atoms with Crippen molar-refractivity contribution < 1.29 is 14.3 Å². The molecule has 6 heteroatoms. The molecule has 1 amide bonds. The zero-order valence-electron chi connectivity index (χ0n) is 17.8. The molecule has 0 saturated heterocycles. The Balaban J connectivity index is 1.80. The van der Waals surface area contributed by atoms with E-state index in [1.165, 1.54) is 6.08 Å². The minimum atomic E-state index is -0.254. The van der Waals surface area contributed by atoms with Crippen LogP contribution in [0.5, 0.6) is 11.5 Å². The van der Waals surface area contributed by atoms with Crippen molar-refractivity contribution in [3.8, 4) is 17.2 Å². The molecule has 0 bridgehead atoms. The molecule has 0 saturated carbocycles. The molecule has 6 nitrogen and oxygen atoms in total. The molecule has 0 fully saturated rings. The van der Waals surface area contributed by atoms with E-state index in [1.54, 1.807) is 18.2 Å². The van der Waals surface area contributed by atoms with Gasteiger partial charge >= 0.3 is 0 Å². The van der Waals surface area contributed by atoms with Gasteiger partial charge in [-0.1, -0.05) is 18.2 Å². The topological polar surface area (TPSA) is 65.4 Å². The van der Waals surface area contributed by atoms with Gasteiger partial charge in [-0.2, -0.15) is 5.10 Å². The molecule has 30 heavy (non-hydrogen) atoms. The Morgan fingerprint density at radius 3 is 2.50 bits per heavy atom. The molecule has 156 valence electrons. The van der Waals surface area contributed by atoms with Crippen molar-refractivity contribution in [1.82, 2.24) is 9.78 Å². The zero-order valence-corrected chi connectivity index (χ0v) is 17.8. The largest absolute Gasteiger partial charge is 0.494 e. The van der Waals surface area contributed by atoms with Crippen molar-refractivity contribution in [3.63, 3.8) is 0 Å². The molecule has 1 N–H and O–H groups in total. The Morgan fingerprint density at radius 1 is 1.07 bits per heavy atom. The summed E-state index contributed by atoms with van der Waals surface area (Å²) in [7, 11) is 0. The molecule has 1 aromatic heterocycles. The lowest BCUT2D eigenvalue weighted by Crippen LogP contribution is -2.10. The van der Waals surface area contributed by atoms with Gasteiger partial charge in [-0.15, -0.1) is 0 Å². The van der Waals surface area contributed by atoms with Gasteiger partial charge in [-0.05, 0) is 58.0 Å². The van der Waals surface area contributed by atoms with Crippen molar-refractivity contribution in [2.75, 3.05) is 18.5 Å². The quantitative estimate of drug-likeness (QED) is 0.539. The Bertz CT molecular complexity index is 1040. The molecule has 0 aliphatic carbocycles. The summed E-state index contributed by atoms with van der Waals surface area (Å²) in [6, 6.07) is 15.3. The first kappa shape index (κ1) is 21.2. The monoisotopic (exact) mass is 405 g/mol. The molecular weight excluding hydrogens is 378 g/mol. The number of nitrogens with zero attached hydrogens (tertiary/aromatic N) is 2. The number of aromatic nitrogens is 2. The van der Waals surface area contributed by atoms with Gasteiger partial charge in [-0.25, -0.2) is 4.68 Å². The van der Waals surface area contributed by atoms with E-state index in [2.05, 4.69) is 10.4 Å². The lowest BCUT2D eigenvalue weighted by atomic mass is 10.2. The van der Waals surface area contributed by atoms with Gasteiger partial charge in [0.05, 0.1) is 30.3 Å². The van der Waals surface area contributed by atoms with Gasteiger partial charge < -0.3 is 14.8 Å². The molecule has 0 aliphatic heterocycles. The number of rotatable bonds is 8. The number of benzene rings is 2. The average molecular weight is 405 g/mol. The number of aryl methyl sites for hydroxylation is 1. The van der Waals surface area contributed by atoms with Crippen LogP contribution in [-0.2, 0) is 4.79 Å². The molecular formula is C24H27N3O3. The molecule has 2 aromatic carbocycles. The van der Waals surface area contributed by atoms with Crippen LogP contribution >= 0.6 is 0 Å². The highest BCUT2D eigenvalue weighted by molar-refractivity contribution is 6.03. The molecule has 3 rings (SSSR count). The van der Waals surface area contributed by atoms with Gasteiger partial charge in [0.25, 0.3) is 0 Å². The fourth-order valence-electron chi connectivity index (χ4n) is 3.19. The van der Waals surface area contributed by atoms with E-state index >= 15 is 0 Å². The van der Waals surface area contributed by atoms with E-state index in [9.17, 15) is 4.79 Å². The van der Waals surface area contributed by atoms with E-state index in [4.69, 9.17) is 9.47 Å². The van der Waals surface area contributed by atoms with Crippen LogP contribution in [0.1, 0.15) is 30.8 Å². The number of amides is 1. The van der Waals surface area contributed by atoms with Crippen molar-refractivity contribution in [1.29, 1.82) is 0 Å². The van der Waals surface area contributed by atoms with Crippen LogP contribution in [0.2, 0.25) is 0 Å². The Kier molecular flexibility index (Phi) is 6.91. The third-order valence-corrected chi connectivity index (χ3v) is 4.57. The second-order valence-electron chi connectivity index (χ2n) is 6.68. The lowest BCUT2D eigenvalue weighted by Gasteiger charge is -2.12. The fourth-order valence-corrected chi connectivity index (χ4v) is 3.19. The summed E-state index contributed by atoms with van der Waals surface area (Å²) < 4.78 is 13.0. The van der Waals surface area contributed by atoms with Gasteiger partial charge in [0.1, 0.15) is 11.5 Å². The van der Waals surface area contributed by atoms with Crippen LogP contribution in [0.4, 0.5) is 5.69 Å². The number of carbonyl (C=O) groups is 1. The number of ether oxygens (including phenoxy) is 2. The van der Waals surface area contributed by atoms with E-state index in [0.717, 1.165) is 22.6 Å². The van der Waals surface area contributed by atoms with Crippen LogP contribution in [-0.4, -0.2) is 28.9 Å². The van der Waals surface area contributed by atoms with Crippen LogP contribution in [0.25, 0.3) is 11.8 Å². The number of hydrogen-bond acceptors (Lipinski definition) is 4. The van der Waals surface area contributed by atoms with Crippen molar-refractivity contribution in [2.45, 2.75) is 27.7 Å². The first-order valence-corrected chi connectivity index (χ1v) is 10.0. The maximum absolute atomic E-state index is 12.6. The summed E-state index contributed by atoms with van der Waals surface area (Å²) in [6.45, 7) is 8.79. The highest BCUT2D eigenvalue weighted by Crippen LogP contribution is 2.29. The van der Waals surface area contributed by atoms with E-state index < -0.39 is 0 Å². The van der Waals surface area contributed by atoms with Gasteiger partial charge in [0, 0.05) is 23.4 Å². The van der Waals surface area contributed by atoms with Gasteiger partial charge in [0.15, 0.2) is 0 Å². The standard InChI is InChI=1S/C24H27N3O3/c1-5-29-20-12-14-23(30-6-2)22(16-20)25-24(28)15-13-21-17(3)26-27(18(21)4)19-10-8-7-9-11-19/h7-16H,5-6H2,1-4H3,(H,25,28). The average Bonchev–Trinajstić information content (AvgIpc) is 3.03. The minimum absolute atomic E-state index is 0.254. The maximum atomic E-state index is 12.6. The van der Waals surface area contributed by atoms with E-state index in [1.807, 2.05) is 68.8 Å². The second kappa shape index (κ2) is 9.78. The molecule has 0 unspecified atom stereocenters. The summed E-state index contributed by atoms with van der Waals surface area (Å²) in [6.07, 6.45) is 3.30. The van der Waals surface area contributed by atoms with Crippen molar-refractivity contribution >= 4 is 17.7 Å². The molecule has 1 heterocycles. The zero-order chi connectivity index (χ0) is 21.5. The Hall–Kier alpha value is -3.54. The van der Waals surface area contributed by atoms with Gasteiger partial charge in [-0.3, -0.25) is 4.79 Å². The highest BCUT2D eigenvalue weighted by Gasteiger charge is 2.12. The number of carbonyl (C=O) groups excluding carboxylic acids is 1. The normalized spacial score (nSPS) is 10.9. The van der Waals surface area contributed by atoms with Crippen LogP contribution < -0.4 is 14.8 Å². The maximum Gasteiger partial charge on any atom is 0.248 e. The number of nitrogens with one attached hydrogen (secondary N) is 1. The third-order valence-electron chi connectivity index (χ3n) is 4.57. The molecule has 0 radical (unpaired) electrons. The summed E-state index contributed by atoms with van der Waals surface area (Å²) in [5.41, 5.74) is 4.30. The number of anilines is 1. The minimum Gasteiger partial charge on any atom is -0.494 e. The first-order valence-electron chi connectivity index (χ1n) is 10.0. The first-order chi connectivity index (χ1) is 14.5. The Morgan fingerprint density at radius 2 is 1.80 bits per heavy atom. The summed E-state index contributed by atoms with van der Waals surface area (Å²) in [5.74, 6) is 1.03. The van der Waals surface area contributed by atoms with Crippen molar-refractivity contribution in [2.24, 2.45) is 0 Å². The van der Waals surface area contributed by atoms with Crippen LogP contribution in [0.15, 0.2) is 54.6 Å². The smallest absolute Gasteiger partial charge is 0.248 e. The second-order valence-corrected chi connectivity index (χ2v) is 6.68. The SMILES string of the molecule is CCOc1ccc(OCC)c(NC(=O)C=Cc2c(C)nn(-c3ccccc3)c2C)c1. The lowest BCUT2D eigenvalue weighted by molar-refractivity contribution is -0.111. The van der Waals surface area contributed by atoms with E-state index in [0.29, 0.717) is 30.4 Å². The van der Waals surface area contributed by atoms with Crippen molar-refractivity contribution in [3.05, 3.63) is 71.6 Å². The summed E-state index contributed by atoms with van der Waals surface area (Å²) in [4.78, 5) is 12.6. The number of hydrogen-bond donors (Lipinski definition) is 1. The molecule has 0 aliphatic rings. The molecule has 0 spiro atoms. The number of para-hydroxylation sites is 1. The third kappa shape index (κ3) is 4.89. The summed E-state index contributed by atoms with van der Waals surface area (Å²) in [5, 5.41) is 7.49. The van der Waals surface area contributed by atoms with Gasteiger partial charge in [0.2, 0.25) is 5.91 Å². The molecule has 0 atom stereocenters. The predicted molar refractivity (Wildman–Crippen MR) is 119 cm³/mol. The predicted octanol–water partition coefficient (Wildman–Crippen LogP) is 4.94. The van der Waals surface area contributed by atoms with Crippen LogP contribution in [0.3, 0.4) is 0 Å². The Labute approximate surface area is 177 Å². The van der Waals surface area contributed by atoms with E-state index in [-0.39, 0.29) is 5.91 Å². The van der Waals surface area contributed by atoms with Crippen LogP contribution in [0, 0.1) is 13.8 Å².